The summed E-state index contributed by atoms with van der Waals surface area (Å²) in [6.07, 6.45) is -2.93. The lowest BCUT2D eigenvalue weighted by molar-refractivity contribution is -0.129. The van der Waals surface area contributed by atoms with Crippen molar-refractivity contribution in [3.8, 4) is 0 Å². The van der Waals surface area contributed by atoms with Crippen LogP contribution >= 0.6 is 11.8 Å². The average Bonchev–Trinajstić information content (AvgIpc) is 2.49. The molecule has 0 amide bonds. The third-order valence-corrected chi connectivity index (χ3v) is 3.34. The second kappa shape index (κ2) is 4.94. The van der Waals surface area contributed by atoms with Crippen LogP contribution in [0.2, 0.25) is 0 Å². The zero-order valence-corrected chi connectivity index (χ0v) is 8.99. The summed E-state index contributed by atoms with van der Waals surface area (Å²) in [6.45, 7) is 1.66. The Labute approximate surface area is 90.0 Å². The molecular weight excluding hydrogens is 227 g/mol. The lowest BCUT2D eigenvalue weighted by Crippen LogP contribution is -2.28. The third kappa shape index (κ3) is 3.46. The largest absolute Gasteiger partial charge is 0.468 e. The van der Waals surface area contributed by atoms with Crippen LogP contribution in [0.4, 0.5) is 13.2 Å². The first-order valence-corrected chi connectivity index (χ1v) is 5.30. The number of aryl methyl sites for hydroxylation is 1. The fourth-order valence-electron chi connectivity index (χ4n) is 1.09. The lowest BCUT2D eigenvalue weighted by Gasteiger charge is -2.18. The molecular formula is C9H12F3NOS. The van der Waals surface area contributed by atoms with Crippen molar-refractivity contribution in [3.63, 3.8) is 0 Å². The normalized spacial score (nSPS) is 14.2. The molecule has 0 saturated heterocycles. The highest BCUT2D eigenvalue weighted by Crippen LogP contribution is 2.38. The number of hydrogen-bond acceptors (Lipinski definition) is 3. The molecule has 1 unspecified atom stereocenters. The van der Waals surface area contributed by atoms with Gasteiger partial charge in [-0.25, -0.2) is 0 Å². The van der Waals surface area contributed by atoms with Crippen LogP contribution in [-0.4, -0.2) is 18.0 Å². The van der Waals surface area contributed by atoms with Crippen LogP contribution < -0.4 is 5.73 Å². The molecule has 0 spiro atoms. The zero-order chi connectivity index (χ0) is 11.5. The van der Waals surface area contributed by atoms with Gasteiger partial charge in [0.2, 0.25) is 0 Å². The summed E-state index contributed by atoms with van der Waals surface area (Å²) in [5.74, 6) is 0.506. The molecule has 15 heavy (non-hydrogen) atoms. The van der Waals surface area contributed by atoms with Gasteiger partial charge in [-0.1, -0.05) is 0 Å². The van der Waals surface area contributed by atoms with Crippen molar-refractivity contribution in [2.45, 2.75) is 29.7 Å². The molecule has 0 bridgehead atoms. The molecule has 0 aromatic carbocycles. The number of rotatable bonds is 4. The Morgan fingerprint density at radius 3 is 2.60 bits per heavy atom. The zero-order valence-electron chi connectivity index (χ0n) is 8.17. The topological polar surface area (TPSA) is 39.2 Å². The Bertz CT molecular complexity index is 311. The van der Waals surface area contributed by atoms with Crippen LogP contribution in [-0.2, 0) is 0 Å². The van der Waals surface area contributed by atoms with Gasteiger partial charge in [-0.15, -0.1) is 11.8 Å². The Kier molecular flexibility index (Phi) is 4.10. The van der Waals surface area contributed by atoms with E-state index in [2.05, 4.69) is 0 Å². The maximum Gasteiger partial charge on any atom is 0.400 e. The molecule has 1 aromatic rings. The fraction of sp³-hybridized carbons (Fsp3) is 0.556. The van der Waals surface area contributed by atoms with Gasteiger partial charge in [0.05, 0.1) is 6.26 Å². The van der Waals surface area contributed by atoms with Crippen molar-refractivity contribution in [3.05, 3.63) is 18.1 Å². The summed E-state index contributed by atoms with van der Waals surface area (Å²) in [5.41, 5.74) is 5.16. The molecule has 0 aliphatic heterocycles. The molecule has 1 rings (SSSR count). The maximum absolute atomic E-state index is 12.5. The molecule has 1 atom stereocenters. The summed E-state index contributed by atoms with van der Waals surface area (Å²) < 4.78 is 42.5. The predicted octanol–water partition coefficient (Wildman–Crippen LogP) is 2.96. The summed E-state index contributed by atoms with van der Waals surface area (Å²) in [6, 6.07) is 1.54. The van der Waals surface area contributed by atoms with Crippen LogP contribution in [0.1, 0.15) is 12.2 Å². The predicted molar refractivity (Wildman–Crippen MR) is 52.8 cm³/mol. The molecule has 6 heteroatoms. The van der Waals surface area contributed by atoms with Crippen molar-refractivity contribution in [2.75, 3.05) is 6.54 Å². The molecule has 0 aliphatic rings. The second-order valence-electron chi connectivity index (χ2n) is 3.07. The van der Waals surface area contributed by atoms with Crippen LogP contribution in [0.5, 0.6) is 0 Å². The average molecular weight is 239 g/mol. The van der Waals surface area contributed by atoms with Gasteiger partial charge in [-0.3, -0.25) is 0 Å². The van der Waals surface area contributed by atoms with E-state index in [4.69, 9.17) is 10.2 Å². The Balaban J connectivity index is 2.71. The van der Waals surface area contributed by atoms with Gasteiger partial charge >= 0.3 is 6.18 Å². The maximum atomic E-state index is 12.5. The summed E-state index contributed by atoms with van der Waals surface area (Å²) >= 11 is 0.755. The molecule has 0 radical (unpaired) electrons. The standard InChI is InChI=1S/C9H12F3NOS/c1-6-7(3-5-14-6)15-8(2-4-13)9(10,11)12/h3,5,8H,2,4,13H2,1H3. The van der Waals surface area contributed by atoms with E-state index in [9.17, 15) is 13.2 Å². The molecule has 86 valence electrons. The minimum atomic E-state index is -4.23. The summed E-state index contributed by atoms with van der Waals surface area (Å²) in [7, 11) is 0. The quantitative estimate of drug-likeness (QED) is 0.821. The van der Waals surface area contributed by atoms with Gasteiger partial charge in [0, 0.05) is 4.90 Å². The third-order valence-electron chi connectivity index (χ3n) is 1.87. The Morgan fingerprint density at radius 1 is 1.53 bits per heavy atom. The van der Waals surface area contributed by atoms with Gasteiger partial charge < -0.3 is 10.2 Å². The van der Waals surface area contributed by atoms with Gasteiger partial charge in [0.15, 0.2) is 0 Å². The monoisotopic (exact) mass is 239 g/mol. The second-order valence-corrected chi connectivity index (χ2v) is 4.31. The van der Waals surface area contributed by atoms with Gasteiger partial charge in [-0.2, -0.15) is 13.2 Å². The fourth-order valence-corrected chi connectivity index (χ4v) is 2.13. The first kappa shape index (κ1) is 12.4. The van der Waals surface area contributed by atoms with Crippen LogP contribution in [0.15, 0.2) is 21.6 Å². The van der Waals surface area contributed by atoms with Gasteiger partial charge in [0.1, 0.15) is 11.0 Å². The minimum absolute atomic E-state index is 0.0219. The van der Waals surface area contributed by atoms with Crippen molar-refractivity contribution in [1.29, 1.82) is 0 Å². The lowest BCUT2D eigenvalue weighted by atomic mass is 10.3. The molecule has 0 aliphatic carbocycles. The highest BCUT2D eigenvalue weighted by atomic mass is 32.2. The van der Waals surface area contributed by atoms with Gasteiger partial charge in [-0.05, 0) is 26.0 Å². The Morgan fingerprint density at radius 2 is 2.20 bits per heavy atom. The minimum Gasteiger partial charge on any atom is -0.468 e. The first-order chi connectivity index (χ1) is 6.95. The highest BCUT2D eigenvalue weighted by Gasteiger charge is 2.40. The van der Waals surface area contributed by atoms with E-state index in [0.717, 1.165) is 11.8 Å². The van der Waals surface area contributed by atoms with Crippen molar-refractivity contribution < 1.29 is 17.6 Å². The number of furan rings is 1. The number of halogens is 3. The molecule has 0 saturated carbocycles. The first-order valence-electron chi connectivity index (χ1n) is 4.42. The SMILES string of the molecule is Cc1occc1SC(CCN)C(F)(F)F. The van der Waals surface area contributed by atoms with Crippen molar-refractivity contribution in [1.82, 2.24) is 0 Å². The smallest absolute Gasteiger partial charge is 0.400 e. The summed E-state index contributed by atoms with van der Waals surface area (Å²) in [5, 5.41) is -1.46. The van der Waals surface area contributed by atoms with Crippen molar-refractivity contribution in [2.24, 2.45) is 5.73 Å². The van der Waals surface area contributed by atoms with E-state index >= 15 is 0 Å². The molecule has 1 heterocycles. The van der Waals surface area contributed by atoms with E-state index in [0.29, 0.717) is 10.7 Å². The van der Waals surface area contributed by atoms with E-state index in [1.807, 2.05) is 0 Å². The Hall–Kier alpha value is -0.620. The number of thioether (sulfide) groups is 1. The highest BCUT2D eigenvalue weighted by molar-refractivity contribution is 8.00. The number of nitrogens with two attached hydrogens (primary N) is 1. The molecule has 1 aromatic heterocycles. The van der Waals surface area contributed by atoms with E-state index in [1.165, 1.54) is 12.3 Å². The summed E-state index contributed by atoms with van der Waals surface area (Å²) in [4.78, 5) is 0.519. The van der Waals surface area contributed by atoms with E-state index in [1.54, 1.807) is 6.92 Å². The van der Waals surface area contributed by atoms with Crippen molar-refractivity contribution >= 4 is 11.8 Å². The van der Waals surface area contributed by atoms with Crippen LogP contribution in [0, 0.1) is 6.92 Å². The van der Waals surface area contributed by atoms with Crippen LogP contribution in [0.3, 0.4) is 0 Å². The van der Waals surface area contributed by atoms with Gasteiger partial charge in [0.25, 0.3) is 0 Å². The molecule has 2 N–H and O–H groups in total. The molecule has 0 fully saturated rings. The van der Waals surface area contributed by atoms with E-state index in [-0.39, 0.29) is 13.0 Å². The number of hydrogen-bond donors (Lipinski definition) is 1. The van der Waals surface area contributed by atoms with E-state index < -0.39 is 11.4 Å². The van der Waals surface area contributed by atoms with Crippen LogP contribution in [0.25, 0.3) is 0 Å². The molecule has 2 nitrogen and oxygen atoms in total. The number of alkyl halides is 3.